The molecule has 7 nitrogen and oxygen atoms in total. The van der Waals surface area contributed by atoms with Crippen LogP contribution in [0.3, 0.4) is 0 Å². The van der Waals surface area contributed by atoms with E-state index in [2.05, 4.69) is 5.32 Å². The maximum atomic E-state index is 12.2. The first kappa shape index (κ1) is 17.8. The quantitative estimate of drug-likeness (QED) is 0.845. The van der Waals surface area contributed by atoms with Crippen molar-refractivity contribution in [2.75, 3.05) is 25.4 Å². The maximum Gasteiger partial charge on any atom is 0.235 e. The van der Waals surface area contributed by atoms with Crippen LogP contribution in [-0.2, 0) is 14.8 Å². The lowest BCUT2D eigenvalue weighted by Crippen LogP contribution is -2.38. The van der Waals surface area contributed by atoms with Gasteiger partial charge in [0.25, 0.3) is 0 Å². The Hall–Kier alpha value is -2.06. The monoisotopic (exact) mass is 366 g/mol. The van der Waals surface area contributed by atoms with Gasteiger partial charge in [-0.15, -0.1) is 0 Å². The van der Waals surface area contributed by atoms with E-state index in [9.17, 15) is 13.2 Å². The Morgan fingerprint density at radius 1 is 1.44 bits per heavy atom. The third-order valence-electron chi connectivity index (χ3n) is 4.15. The second-order valence-corrected chi connectivity index (χ2v) is 8.14. The summed E-state index contributed by atoms with van der Waals surface area (Å²) in [5.74, 6) is 1.02. The summed E-state index contributed by atoms with van der Waals surface area (Å²) >= 11 is 0. The summed E-state index contributed by atoms with van der Waals surface area (Å²) in [4.78, 5) is 12.2. The second kappa shape index (κ2) is 7.05. The van der Waals surface area contributed by atoms with E-state index >= 15 is 0 Å². The standard InChI is InChI=1S/C17H22N2O5S/c1-3-23-14-7-4-6-13-10-15(24-17(13)14)12(2)18-16(20)11-19-8-5-9-25(19,21)22/h4,6-7,10,12H,3,5,8-9,11H2,1-2H3,(H,18,20). The molecule has 1 amide bonds. The molecular formula is C17H22N2O5S. The van der Waals surface area contributed by atoms with Crippen LogP contribution in [0.5, 0.6) is 5.75 Å². The topological polar surface area (TPSA) is 88.9 Å². The SMILES string of the molecule is CCOc1cccc2cc(C(C)NC(=O)CN3CCCS3(=O)=O)oc12. The Labute approximate surface area is 147 Å². The number of nitrogens with zero attached hydrogens (tertiary/aromatic N) is 1. The second-order valence-electron chi connectivity index (χ2n) is 6.05. The Kier molecular flexibility index (Phi) is 5.01. The highest BCUT2D eigenvalue weighted by molar-refractivity contribution is 7.89. The van der Waals surface area contributed by atoms with E-state index in [1.54, 1.807) is 6.92 Å². The number of carbonyl (C=O) groups excluding carboxylic acids is 1. The summed E-state index contributed by atoms with van der Waals surface area (Å²) < 4.78 is 36.2. The number of sulfonamides is 1. The van der Waals surface area contributed by atoms with Crippen molar-refractivity contribution in [3.05, 3.63) is 30.0 Å². The third-order valence-corrected chi connectivity index (χ3v) is 6.06. The van der Waals surface area contributed by atoms with Gasteiger partial charge in [-0.3, -0.25) is 4.79 Å². The highest BCUT2D eigenvalue weighted by Gasteiger charge is 2.30. The van der Waals surface area contributed by atoms with Crippen LogP contribution in [0.4, 0.5) is 0 Å². The van der Waals surface area contributed by atoms with Crippen LogP contribution in [0.25, 0.3) is 11.0 Å². The van der Waals surface area contributed by atoms with E-state index in [-0.39, 0.29) is 24.2 Å². The summed E-state index contributed by atoms with van der Waals surface area (Å²) in [6.45, 7) is 4.47. The van der Waals surface area contributed by atoms with Gasteiger partial charge in [0.15, 0.2) is 11.3 Å². The minimum atomic E-state index is -3.28. The van der Waals surface area contributed by atoms with Gasteiger partial charge in [0, 0.05) is 11.9 Å². The average Bonchev–Trinajstić information content (AvgIpc) is 3.12. The van der Waals surface area contributed by atoms with E-state index in [1.165, 1.54) is 4.31 Å². The van der Waals surface area contributed by atoms with Crippen molar-refractivity contribution in [2.45, 2.75) is 26.3 Å². The van der Waals surface area contributed by atoms with Crippen molar-refractivity contribution in [1.82, 2.24) is 9.62 Å². The van der Waals surface area contributed by atoms with Gasteiger partial charge in [-0.2, -0.15) is 4.31 Å². The number of nitrogens with one attached hydrogen (secondary N) is 1. The van der Waals surface area contributed by atoms with Gasteiger partial charge in [0.1, 0.15) is 5.76 Å². The summed E-state index contributed by atoms with van der Waals surface area (Å²) in [6.07, 6.45) is 0.564. The smallest absolute Gasteiger partial charge is 0.235 e. The first-order valence-corrected chi connectivity index (χ1v) is 9.94. The fraction of sp³-hybridized carbons (Fsp3) is 0.471. The molecule has 1 aromatic heterocycles. The number of hydrogen-bond acceptors (Lipinski definition) is 5. The Bertz CT molecular complexity index is 874. The predicted molar refractivity (Wildman–Crippen MR) is 93.9 cm³/mol. The summed E-state index contributed by atoms with van der Waals surface area (Å²) in [7, 11) is -3.28. The fourth-order valence-corrected chi connectivity index (χ4v) is 4.40. The van der Waals surface area contributed by atoms with Gasteiger partial charge < -0.3 is 14.5 Å². The van der Waals surface area contributed by atoms with Crippen LogP contribution in [0.1, 0.15) is 32.1 Å². The molecule has 1 fully saturated rings. The molecule has 1 aromatic carbocycles. The molecule has 0 saturated carbocycles. The van der Waals surface area contributed by atoms with E-state index in [0.29, 0.717) is 36.7 Å². The number of ether oxygens (including phenoxy) is 1. The molecule has 25 heavy (non-hydrogen) atoms. The Morgan fingerprint density at radius 3 is 2.92 bits per heavy atom. The van der Waals surface area contributed by atoms with Crippen LogP contribution >= 0.6 is 0 Å². The maximum absolute atomic E-state index is 12.2. The van der Waals surface area contributed by atoms with Crippen LogP contribution in [0.2, 0.25) is 0 Å². The Morgan fingerprint density at radius 2 is 2.24 bits per heavy atom. The van der Waals surface area contributed by atoms with Crippen LogP contribution in [0, 0.1) is 0 Å². The van der Waals surface area contributed by atoms with E-state index < -0.39 is 10.0 Å². The number of furan rings is 1. The van der Waals surface area contributed by atoms with Gasteiger partial charge in [-0.25, -0.2) is 8.42 Å². The zero-order valence-corrected chi connectivity index (χ0v) is 15.1. The number of benzene rings is 1. The largest absolute Gasteiger partial charge is 0.490 e. The van der Waals surface area contributed by atoms with Crippen molar-refractivity contribution in [3.8, 4) is 5.75 Å². The number of hydrogen-bond donors (Lipinski definition) is 1. The molecule has 3 rings (SSSR count). The fourth-order valence-electron chi connectivity index (χ4n) is 2.93. The van der Waals surface area contributed by atoms with E-state index in [0.717, 1.165) is 5.39 Å². The minimum absolute atomic E-state index is 0.111. The number of amides is 1. The molecule has 0 bridgehead atoms. The highest BCUT2D eigenvalue weighted by Crippen LogP contribution is 2.31. The zero-order valence-electron chi connectivity index (χ0n) is 14.3. The lowest BCUT2D eigenvalue weighted by atomic mass is 10.2. The molecule has 0 aliphatic carbocycles. The van der Waals surface area contributed by atoms with Crippen molar-refractivity contribution in [2.24, 2.45) is 0 Å². The molecule has 8 heteroatoms. The van der Waals surface area contributed by atoms with Gasteiger partial charge >= 0.3 is 0 Å². The van der Waals surface area contributed by atoms with Crippen molar-refractivity contribution >= 4 is 26.9 Å². The molecule has 1 aliphatic heterocycles. The van der Waals surface area contributed by atoms with Crippen molar-refractivity contribution < 1.29 is 22.4 Å². The molecule has 2 heterocycles. The minimum Gasteiger partial charge on any atom is -0.490 e. The number of carbonyl (C=O) groups is 1. The summed E-state index contributed by atoms with van der Waals surface area (Å²) in [5.41, 5.74) is 0.641. The van der Waals surface area contributed by atoms with Crippen LogP contribution in [0.15, 0.2) is 28.7 Å². The lowest BCUT2D eigenvalue weighted by Gasteiger charge is -2.16. The molecular weight excluding hydrogens is 344 g/mol. The molecule has 2 aromatic rings. The van der Waals surface area contributed by atoms with Gasteiger partial charge in [0.2, 0.25) is 15.9 Å². The van der Waals surface area contributed by atoms with Gasteiger partial charge in [-0.1, -0.05) is 12.1 Å². The van der Waals surface area contributed by atoms with Crippen LogP contribution in [-0.4, -0.2) is 44.1 Å². The number of para-hydroxylation sites is 1. The van der Waals surface area contributed by atoms with Gasteiger partial charge in [-0.05, 0) is 32.4 Å². The molecule has 136 valence electrons. The highest BCUT2D eigenvalue weighted by atomic mass is 32.2. The summed E-state index contributed by atoms with van der Waals surface area (Å²) in [5, 5.41) is 3.69. The van der Waals surface area contributed by atoms with E-state index in [4.69, 9.17) is 9.15 Å². The molecule has 1 saturated heterocycles. The molecule has 0 radical (unpaired) electrons. The van der Waals surface area contributed by atoms with Crippen LogP contribution < -0.4 is 10.1 Å². The van der Waals surface area contributed by atoms with E-state index in [1.807, 2.05) is 31.2 Å². The number of rotatable bonds is 6. The molecule has 0 spiro atoms. The van der Waals surface area contributed by atoms with Gasteiger partial charge in [0.05, 0.1) is 24.9 Å². The molecule has 1 atom stereocenters. The van der Waals surface area contributed by atoms with Crippen molar-refractivity contribution in [1.29, 1.82) is 0 Å². The zero-order chi connectivity index (χ0) is 18.0. The first-order valence-electron chi connectivity index (χ1n) is 8.33. The number of fused-ring (bicyclic) bond motifs is 1. The third kappa shape index (κ3) is 3.80. The first-order chi connectivity index (χ1) is 11.9. The predicted octanol–water partition coefficient (Wildman–Crippen LogP) is 2.04. The molecule has 1 aliphatic rings. The Balaban J connectivity index is 1.70. The molecule has 1 N–H and O–H groups in total. The lowest BCUT2D eigenvalue weighted by molar-refractivity contribution is -0.122. The van der Waals surface area contributed by atoms with Crippen molar-refractivity contribution in [3.63, 3.8) is 0 Å². The normalized spacial score (nSPS) is 18.3. The average molecular weight is 366 g/mol. The summed E-state index contributed by atoms with van der Waals surface area (Å²) in [6, 6.07) is 7.11. The molecule has 1 unspecified atom stereocenters.